The Balaban J connectivity index is 1.48. The number of benzene rings is 2. The van der Waals surface area contributed by atoms with Crippen LogP contribution in [-0.4, -0.2) is 168 Å². The molecule has 0 aliphatic carbocycles. The van der Waals surface area contributed by atoms with Gasteiger partial charge < -0.3 is 89.3 Å². The van der Waals surface area contributed by atoms with E-state index in [9.17, 15) is 61.0 Å². The van der Waals surface area contributed by atoms with Gasteiger partial charge in [-0.05, 0) is 54.8 Å². The molecule has 0 amide bonds. The summed E-state index contributed by atoms with van der Waals surface area (Å²) in [5, 5.41) is 112. The number of esters is 1. The fraction of sp³-hybridized carbons (Fsp3) is 0.559. The van der Waals surface area contributed by atoms with Crippen molar-refractivity contribution in [2.24, 2.45) is 0 Å². The summed E-state index contributed by atoms with van der Waals surface area (Å²) in [6, 6.07) is 7.81. The summed E-state index contributed by atoms with van der Waals surface area (Å²) in [6.07, 6.45) is -20.4. The predicted molar refractivity (Wildman–Crippen MR) is 174 cm³/mol. The molecule has 14 atom stereocenters. The molecule has 0 unspecified atom stereocenters. The number of phenols is 4. The number of carbonyl (C=O) groups excluding carboxylic acids is 1. The summed E-state index contributed by atoms with van der Waals surface area (Å²) < 4.78 is 40.9. The average Bonchev–Trinajstić information content (AvgIpc) is 3.13. The number of hydrogen-bond donors (Lipinski definition) is 11. The van der Waals surface area contributed by atoms with Gasteiger partial charge in [0, 0.05) is 6.08 Å². The van der Waals surface area contributed by atoms with Gasteiger partial charge in [0.15, 0.2) is 48.0 Å². The lowest BCUT2D eigenvalue weighted by molar-refractivity contribution is -0.385. The Labute approximate surface area is 302 Å². The lowest BCUT2D eigenvalue weighted by Gasteiger charge is -2.49. The average molecular weight is 757 g/mol. The van der Waals surface area contributed by atoms with Gasteiger partial charge in [0.05, 0.1) is 25.9 Å². The Morgan fingerprint density at radius 2 is 1.42 bits per heavy atom. The Morgan fingerprint density at radius 3 is 2.09 bits per heavy atom. The van der Waals surface area contributed by atoms with Crippen LogP contribution in [0.2, 0.25) is 0 Å². The van der Waals surface area contributed by atoms with Gasteiger partial charge in [0.1, 0.15) is 54.9 Å². The maximum absolute atomic E-state index is 13.2. The molecule has 3 aliphatic rings. The van der Waals surface area contributed by atoms with Crippen LogP contribution >= 0.6 is 0 Å². The summed E-state index contributed by atoms with van der Waals surface area (Å²) in [5.74, 6) is -2.64. The minimum atomic E-state index is -1.88. The van der Waals surface area contributed by atoms with Crippen molar-refractivity contribution in [2.75, 3.05) is 19.8 Å². The van der Waals surface area contributed by atoms with E-state index in [4.69, 9.17) is 33.2 Å². The maximum Gasteiger partial charge on any atom is 0.331 e. The van der Waals surface area contributed by atoms with Crippen molar-refractivity contribution < 1.29 is 94.1 Å². The number of aromatic hydroxyl groups is 4. The van der Waals surface area contributed by atoms with Crippen LogP contribution in [0.4, 0.5) is 0 Å². The molecule has 294 valence electrons. The molecule has 0 radical (unpaired) electrons. The predicted octanol–water partition coefficient (Wildman–Crippen LogP) is -2.55. The molecule has 3 heterocycles. The normalized spacial score (nSPS) is 36.4. The highest BCUT2D eigenvalue weighted by atomic mass is 16.8. The second-order valence-electron chi connectivity index (χ2n) is 12.8. The minimum Gasteiger partial charge on any atom is -0.504 e. The fourth-order valence-corrected chi connectivity index (χ4v) is 5.93. The van der Waals surface area contributed by atoms with Crippen LogP contribution in [0.25, 0.3) is 6.08 Å². The number of phenolic OH excluding ortho intramolecular Hbond substituents is 4. The summed E-state index contributed by atoms with van der Waals surface area (Å²) in [7, 11) is 0. The zero-order chi connectivity index (χ0) is 38.6. The molecular formula is C34H44O19. The molecule has 11 N–H and O–H groups in total. The number of rotatable bonds is 12. The molecule has 2 aromatic carbocycles. The summed E-state index contributed by atoms with van der Waals surface area (Å²) in [6.45, 7) is -0.101. The van der Waals surface area contributed by atoms with E-state index in [0.717, 1.165) is 6.08 Å². The molecular weight excluding hydrogens is 712 g/mol. The molecule has 3 saturated heterocycles. The van der Waals surface area contributed by atoms with Crippen molar-refractivity contribution in [3.63, 3.8) is 0 Å². The zero-order valence-electron chi connectivity index (χ0n) is 28.2. The van der Waals surface area contributed by atoms with Crippen molar-refractivity contribution >= 4 is 12.0 Å². The Kier molecular flexibility index (Phi) is 13.5. The van der Waals surface area contributed by atoms with E-state index in [2.05, 4.69) is 0 Å². The first kappa shape index (κ1) is 40.5. The first-order valence-electron chi connectivity index (χ1n) is 16.6. The van der Waals surface area contributed by atoms with Crippen LogP contribution in [0.15, 0.2) is 42.5 Å². The van der Waals surface area contributed by atoms with Gasteiger partial charge in [0.25, 0.3) is 0 Å². The molecule has 0 spiro atoms. The van der Waals surface area contributed by atoms with Crippen molar-refractivity contribution in [2.45, 2.75) is 99.4 Å². The van der Waals surface area contributed by atoms with E-state index >= 15 is 0 Å². The quantitative estimate of drug-likeness (QED) is 0.0603. The van der Waals surface area contributed by atoms with E-state index in [1.165, 1.54) is 49.4 Å². The van der Waals surface area contributed by atoms with Gasteiger partial charge in [-0.3, -0.25) is 0 Å². The number of carbonyl (C=O) groups is 1. The van der Waals surface area contributed by atoms with Crippen LogP contribution in [0.5, 0.6) is 23.0 Å². The molecule has 2 aromatic rings. The molecule has 0 aromatic heterocycles. The van der Waals surface area contributed by atoms with Gasteiger partial charge in [-0.15, -0.1) is 0 Å². The van der Waals surface area contributed by atoms with Crippen molar-refractivity contribution in [3.05, 3.63) is 53.6 Å². The van der Waals surface area contributed by atoms with E-state index < -0.39 is 117 Å². The molecule has 3 fully saturated rings. The first-order chi connectivity index (χ1) is 25.2. The second kappa shape index (κ2) is 17.6. The SMILES string of the molecule is C[C@H]1O[C@@H](O[C@H]2[C@H](O[C@@H]3OC[C@@H](O)[C@H](O)[C@@H]3O)[C@@H](OCCc3ccc(O)c(O)c3)O[C@@H](CO)[C@@H]2OC(=O)/C=C/c2ccc(O)c(O)c2)[C@H](O)[C@@H](O)[C@H]1O. The van der Waals surface area contributed by atoms with Crippen LogP contribution in [-0.2, 0) is 44.4 Å². The summed E-state index contributed by atoms with van der Waals surface area (Å²) >= 11 is 0. The van der Waals surface area contributed by atoms with E-state index in [1.54, 1.807) is 0 Å². The summed E-state index contributed by atoms with van der Waals surface area (Å²) in [4.78, 5) is 13.2. The molecule has 3 aliphatic heterocycles. The van der Waals surface area contributed by atoms with Crippen LogP contribution in [0.1, 0.15) is 18.1 Å². The highest BCUT2D eigenvalue weighted by molar-refractivity contribution is 5.87. The van der Waals surface area contributed by atoms with Crippen LogP contribution in [0, 0.1) is 0 Å². The largest absolute Gasteiger partial charge is 0.504 e. The molecule has 19 nitrogen and oxygen atoms in total. The Morgan fingerprint density at radius 1 is 0.755 bits per heavy atom. The maximum atomic E-state index is 13.2. The summed E-state index contributed by atoms with van der Waals surface area (Å²) in [5.41, 5.74) is 0.800. The topological polar surface area (TPSA) is 304 Å². The molecule has 0 bridgehead atoms. The molecule has 19 heteroatoms. The van der Waals surface area contributed by atoms with E-state index in [0.29, 0.717) is 5.56 Å². The van der Waals surface area contributed by atoms with Gasteiger partial charge in [-0.1, -0.05) is 12.1 Å². The minimum absolute atomic E-state index is 0.116. The molecule has 53 heavy (non-hydrogen) atoms. The fourth-order valence-electron chi connectivity index (χ4n) is 5.93. The Bertz CT molecular complexity index is 1560. The van der Waals surface area contributed by atoms with E-state index in [1.807, 2.05) is 0 Å². The monoisotopic (exact) mass is 756 g/mol. The molecule has 0 saturated carbocycles. The van der Waals surface area contributed by atoms with Crippen LogP contribution < -0.4 is 0 Å². The van der Waals surface area contributed by atoms with Gasteiger partial charge in [-0.2, -0.15) is 0 Å². The Hall–Kier alpha value is -3.67. The third-order valence-electron chi connectivity index (χ3n) is 8.99. The van der Waals surface area contributed by atoms with Crippen molar-refractivity contribution in [1.82, 2.24) is 0 Å². The lowest BCUT2D eigenvalue weighted by atomic mass is 9.96. The number of ether oxygens (including phenoxy) is 7. The zero-order valence-corrected chi connectivity index (χ0v) is 28.2. The lowest BCUT2D eigenvalue weighted by Crippen LogP contribution is -2.67. The van der Waals surface area contributed by atoms with Crippen molar-refractivity contribution in [1.29, 1.82) is 0 Å². The van der Waals surface area contributed by atoms with Gasteiger partial charge in [0.2, 0.25) is 0 Å². The second-order valence-corrected chi connectivity index (χ2v) is 12.8. The third-order valence-corrected chi connectivity index (χ3v) is 8.99. The number of aliphatic hydroxyl groups excluding tert-OH is 7. The number of hydrogen-bond acceptors (Lipinski definition) is 19. The highest BCUT2D eigenvalue weighted by Gasteiger charge is 2.55. The van der Waals surface area contributed by atoms with E-state index in [-0.39, 0.29) is 30.1 Å². The third kappa shape index (κ3) is 9.53. The first-order valence-corrected chi connectivity index (χ1v) is 16.6. The van der Waals surface area contributed by atoms with Gasteiger partial charge in [-0.25, -0.2) is 4.79 Å². The van der Waals surface area contributed by atoms with Crippen molar-refractivity contribution in [3.8, 4) is 23.0 Å². The smallest absolute Gasteiger partial charge is 0.331 e. The molecule has 5 rings (SSSR count). The highest BCUT2D eigenvalue weighted by Crippen LogP contribution is 2.35. The standard InChI is InChI=1S/C34H44O19/c1-14-24(42)26(44)28(46)33(49-14)52-30-29(51-23(41)7-4-15-2-5-17(36)19(38)10-15)22(12-35)50-34(47-9-8-16-3-6-18(37)20(39)11-16)31(30)53-32-27(45)25(43)21(40)13-48-32/h2-7,10-11,14,21-22,24-40,42-46H,8-9,12-13H2,1H3/b7-4+/t14-,21-,22+,24+,25+,26+,27+,28-,29+,30-,31+,32+,33+,34+/m1/s1. The van der Waals surface area contributed by atoms with Gasteiger partial charge >= 0.3 is 5.97 Å². The van der Waals surface area contributed by atoms with Crippen LogP contribution in [0.3, 0.4) is 0 Å². The number of aliphatic hydroxyl groups is 7.